The number of nitrogens with zero attached hydrogens (tertiary/aromatic N) is 4. The molecule has 1 amide bonds. The minimum atomic E-state index is 0.0916. The minimum absolute atomic E-state index is 0.0916. The van der Waals surface area contributed by atoms with Crippen molar-refractivity contribution >= 4 is 22.6 Å². The Bertz CT molecular complexity index is 959. The molecule has 2 aromatic carbocycles. The smallest absolute Gasteiger partial charge is 0.246 e. The number of para-hydroxylation sites is 3. The van der Waals surface area contributed by atoms with Gasteiger partial charge in [-0.2, -0.15) is 0 Å². The van der Waals surface area contributed by atoms with E-state index in [4.69, 9.17) is 4.98 Å². The van der Waals surface area contributed by atoms with Crippen molar-refractivity contribution in [1.82, 2.24) is 14.5 Å². The van der Waals surface area contributed by atoms with Gasteiger partial charge in [0.1, 0.15) is 12.4 Å². The number of hydrogen-bond acceptors (Lipinski definition) is 3. The van der Waals surface area contributed by atoms with Gasteiger partial charge in [0.25, 0.3) is 0 Å². The Kier molecular flexibility index (Phi) is 5.95. The van der Waals surface area contributed by atoms with E-state index >= 15 is 0 Å². The fraction of sp³-hybridized carbons (Fsp3) is 0.417. The van der Waals surface area contributed by atoms with Crippen molar-refractivity contribution < 1.29 is 4.79 Å². The number of aromatic nitrogens is 2. The average molecular weight is 391 g/mol. The molecule has 1 aromatic heterocycles. The average Bonchev–Trinajstić information content (AvgIpc) is 3.13. The van der Waals surface area contributed by atoms with Crippen molar-refractivity contribution in [3.63, 3.8) is 0 Å². The maximum absolute atomic E-state index is 13.3. The zero-order chi connectivity index (χ0) is 20.2. The highest BCUT2D eigenvalue weighted by atomic mass is 16.2. The molecule has 3 aromatic rings. The maximum Gasteiger partial charge on any atom is 0.246 e. The Hall–Kier alpha value is -2.66. The summed E-state index contributed by atoms with van der Waals surface area (Å²) in [4.78, 5) is 22.6. The SMILES string of the molecule is CCN(C(=O)Cn1c([C@@H](C)N2CCCCC2)nc2ccccc21)c1ccccc1. The van der Waals surface area contributed by atoms with E-state index < -0.39 is 0 Å². The molecule has 0 unspecified atom stereocenters. The second-order valence-electron chi connectivity index (χ2n) is 7.79. The second kappa shape index (κ2) is 8.78. The summed E-state index contributed by atoms with van der Waals surface area (Å²) in [5.41, 5.74) is 2.93. The fourth-order valence-corrected chi connectivity index (χ4v) is 4.38. The number of carbonyl (C=O) groups excluding carboxylic acids is 1. The van der Waals surface area contributed by atoms with Crippen LogP contribution in [0.5, 0.6) is 0 Å². The predicted molar refractivity (Wildman–Crippen MR) is 118 cm³/mol. The van der Waals surface area contributed by atoms with Crippen LogP contribution in [0.15, 0.2) is 54.6 Å². The van der Waals surface area contributed by atoms with Crippen molar-refractivity contribution in [2.75, 3.05) is 24.5 Å². The van der Waals surface area contributed by atoms with Crippen molar-refractivity contribution in [3.8, 4) is 0 Å². The van der Waals surface area contributed by atoms with Gasteiger partial charge >= 0.3 is 0 Å². The van der Waals surface area contributed by atoms with Gasteiger partial charge in [-0.25, -0.2) is 4.98 Å². The quantitative estimate of drug-likeness (QED) is 0.616. The fourth-order valence-electron chi connectivity index (χ4n) is 4.38. The Morgan fingerprint density at radius 3 is 2.45 bits per heavy atom. The van der Waals surface area contributed by atoms with Gasteiger partial charge in [-0.15, -0.1) is 0 Å². The molecule has 5 nitrogen and oxygen atoms in total. The van der Waals surface area contributed by atoms with E-state index in [9.17, 15) is 4.79 Å². The topological polar surface area (TPSA) is 41.4 Å². The summed E-state index contributed by atoms with van der Waals surface area (Å²) < 4.78 is 2.13. The molecule has 29 heavy (non-hydrogen) atoms. The van der Waals surface area contributed by atoms with E-state index in [1.165, 1.54) is 19.3 Å². The summed E-state index contributed by atoms with van der Waals surface area (Å²) in [5.74, 6) is 1.08. The highest BCUT2D eigenvalue weighted by Gasteiger charge is 2.25. The lowest BCUT2D eigenvalue weighted by atomic mass is 10.1. The first kappa shape index (κ1) is 19.6. The van der Waals surface area contributed by atoms with Crippen LogP contribution < -0.4 is 4.90 Å². The molecule has 0 bridgehead atoms. The summed E-state index contributed by atoms with van der Waals surface area (Å²) >= 11 is 0. The standard InChI is InChI=1S/C24H30N4O/c1-3-27(20-12-6-4-7-13-20)23(29)18-28-22-15-9-8-14-21(22)25-24(28)19(2)26-16-10-5-11-17-26/h4,6-9,12-15,19H,3,5,10-11,16-18H2,1-2H3/t19-/m1/s1. The van der Waals surface area contributed by atoms with Gasteiger partial charge in [0.15, 0.2) is 0 Å². The number of carbonyl (C=O) groups is 1. The van der Waals surface area contributed by atoms with Crippen molar-refractivity contribution in [2.24, 2.45) is 0 Å². The molecule has 5 heteroatoms. The third kappa shape index (κ3) is 4.06. The highest BCUT2D eigenvalue weighted by Crippen LogP contribution is 2.27. The van der Waals surface area contributed by atoms with Crippen LogP contribution in [0.25, 0.3) is 11.0 Å². The lowest BCUT2D eigenvalue weighted by Gasteiger charge is -2.32. The van der Waals surface area contributed by atoms with Crippen molar-refractivity contribution in [2.45, 2.75) is 45.7 Å². The third-order valence-electron chi connectivity index (χ3n) is 5.97. The molecule has 1 atom stereocenters. The summed E-state index contributed by atoms with van der Waals surface area (Å²) in [7, 11) is 0. The molecular weight excluding hydrogens is 360 g/mol. The van der Waals surface area contributed by atoms with Gasteiger partial charge in [0.2, 0.25) is 5.91 Å². The molecule has 0 aliphatic carbocycles. The summed E-state index contributed by atoms with van der Waals surface area (Å²) in [5, 5.41) is 0. The molecule has 2 heterocycles. The number of imidazole rings is 1. The van der Waals surface area contributed by atoms with Crippen LogP contribution in [-0.4, -0.2) is 40.0 Å². The van der Waals surface area contributed by atoms with Gasteiger partial charge in [-0.05, 0) is 64.0 Å². The Balaban J connectivity index is 1.67. The number of fused-ring (bicyclic) bond motifs is 1. The number of anilines is 1. The van der Waals surface area contributed by atoms with Crippen molar-refractivity contribution in [1.29, 1.82) is 0 Å². The number of likely N-dealkylation sites (tertiary alicyclic amines) is 1. The first-order valence-electron chi connectivity index (χ1n) is 10.7. The summed E-state index contributed by atoms with van der Waals surface area (Å²) in [6.45, 7) is 7.40. The van der Waals surface area contributed by atoms with Gasteiger partial charge < -0.3 is 9.47 Å². The maximum atomic E-state index is 13.3. The molecule has 4 rings (SSSR count). The van der Waals surface area contributed by atoms with Gasteiger partial charge in [-0.3, -0.25) is 9.69 Å². The van der Waals surface area contributed by atoms with Crippen LogP contribution in [0.4, 0.5) is 5.69 Å². The van der Waals surface area contributed by atoms with Crippen LogP contribution in [0.2, 0.25) is 0 Å². The van der Waals surface area contributed by atoms with E-state index in [0.717, 1.165) is 35.6 Å². The van der Waals surface area contributed by atoms with Crippen LogP contribution in [0.3, 0.4) is 0 Å². The molecule has 0 radical (unpaired) electrons. The van der Waals surface area contributed by atoms with E-state index in [1.54, 1.807) is 0 Å². The highest BCUT2D eigenvalue weighted by molar-refractivity contribution is 5.94. The van der Waals surface area contributed by atoms with Gasteiger partial charge in [0, 0.05) is 12.2 Å². The molecular formula is C24H30N4O. The van der Waals surface area contributed by atoms with Crippen LogP contribution in [0, 0.1) is 0 Å². The van der Waals surface area contributed by atoms with Crippen LogP contribution in [-0.2, 0) is 11.3 Å². The lowest BCUT2D eigenvalue weighted by molar-refractivity contribution is -0.119. The third-order valence-corrected chi connectivity index (χ3v) is 5.97. The Morgan fingerprint density at radius 2 is 1.72 bits per heavy atom. The Morgan fingerprint density at radius 1 is 1.03 bits per heavy atom. The van der Waals surface area contributed by atoms with Gasteiger partial charge in [-0.1, -0.05) is 36.8 Å². The Labute approximate surface area is 172 Å². The normalized spacial score (nSPS) is 16.1. The largest absolute Gasteiger partial charge is 0.317 e. The van der Waals surface area contributed by atoms with E-state index in [-0.39, 0.29) is 11.9 Å². The van der Waals surface area contributed by atoms with E-state index in [0.29, 0.717) is 13.1 Å². The monoisotopic (exact) mass is 390 g/mol. The molecule has 1 fully saturated rings. The van der Waals surface area contributed by atoms with E-state index in [2.05, 4.69) is 22.5 Å². The van der Waals surface area contributed by atoms with Crippen LogP contribution in [0.1, 0.15) is 45.0 Å². The number of likely N-dealkylation sites (N-methyl/N-ethyl adjacent to an activating group) is 1. The number of piperidine rings is 1. The molecule has 0 saturated carbocycles. The lowest BCUT2D eigenvalue weighted by Crippen LogP contribution is -2.36. The minimum Gasteiger partial charge on any atom is -0.317 e. The molecule has 1 saturated heterocycles. The van der Waals surface area contributed by atoms with E-state index in [1.807, 2.05) is 60.4 Å². The summed E-state index contributed by atoms with van der Waals surface area (Å²) in [6, 6.07) is 18.2. The van der Waals surface area contributed by atoms with Crippen LogP contribution >= 0.6 is 0 Å². The number of amides is 1. The molecule has 1 aliphatic rings. The zero-order valence-electron chi connectivity index (χ0n) is 17.4. The first-order valence-corrected chi connectivity index (χ1v) is 10.7. The first-order chi connectivity index (χ1) is 14.2. The zero-order valence-corrected chi connectivity index (χ0v) is 17.4. The molecule has 0 N–H and O–H groups in total. The predicted octanol–water partition coefficient (Wildman–Crippen LogP) is 4.64. The molecule has 152 valence electrons. The number of rotatable bonds is 6. The van der Waals surface area contributed by atoms with Gasteiger partial charge in [0.05, 0.1) is 17.1 Å². The number of hydrogen-bond donors (Lipinski definition) is 0. The molecule has 1 aliphatic heterocycles. The second-order valence-corrected chi connectivity index (χ2v) is 7.79. The van der Waals surface area contributed by atoms with Crippen molar-refractivity contribution in [3.05, 3.63) is 60.4 Å². The number of benzene rings is 2. The molecule has 0 spiro atoms. The summed E-state index contributed by atoms with van der Waals surface area (Å²) in [6.07, 6.45) is 3.78.